The molecular weight excluding hydrogens is 339 g/mol. The Kier molecular flexibility index (Phi) is 6.84. The fourth-order valence-electron chi connectivity index (χ4n) is 2.06. The predicted octanol–water partition coefficient (Wildman–Crippen LogP) is 2.40. The third-order valence-electron chi connectivity index (χ3n) is 3.50. The number of hydrogen-bond acceptors (Lipinski definition) is 4. The Bertz CT molecular complexity index is 763. The molecule has 0 radical (unpaired) electrons. The molecule has 1 atom stereocenters. The number of hydrogen-bond donors (Lipinski definition) is 2. The summed E-state index contributed by atoms with van der Waals surface area (Å²) in [6.45, 7) is 1.49. The van der Waals surface area contributed by atoms with Gasteiger partial charge in [-0.25, -0.2) is 4.39 Å². The molecule has 136 valence electrons. The normalized spacial score (nSPS) is 11.3. The van der Waals surface area contributed by atoms with E-state index in [2.05, 4.69) is 10.9 Å². The van der Waals surface area contributed by atoms with Crippen LogP contribution in [0, 0.1) is 5.82 Å². The lowest BCUT2D eigenvalue weighted by Gasteiger charge is -2.15. The summed E-state index contributed by atoms with van der Waals surface area (Å²) in [6.07, 6.45) is -0.916. The Balaban J connectivity index is 1.71. The van der Waals surface area contributed by atoms with E-state index >= 15 is 0 Å². The molecule has 0 bridgehead atoms. The van der Waals surface area contributed by atoms with Gasteiger partial charge < -0.3 is 4.74 Å². The molecule has 7 heteroatoms. The van der Waals surface area contributed by atoms with Crippen molar-refractivity contribution in [2.75, 3.05) is 0 Å². The minimum absolute atomic E-state index is 0.0351. The van der Waals surface area contributed by atoms with Crippen LogP contribution in [-0.2, 0) is 9.59 Å². The zero-order chi connectivity index (χ0) is 18.9. The van der Waals surface area contributed by atoms with Gasteiger partial charge in [-0.05, 0) is 31.2 Å². The molecule has 0 aliphatic carbocycles. The number of ether oxygens (including phenoxy) is 1. The third-order valence-corrected chi connectivity index (χ3v) is 3.50. The van der Waals surface area contributed by atoms with Gasteiger partial charge in [0.15, 0.2) is 11.9 Å². The van der Waals surface area contributed by atoms with Crippen LogP contribution in [0.25, 0.3) is 0 Å². The molecule has 0 saturated carbocycles. The molecule has 0 aliphatic rings. The first-order chi connectivity index (χ1) is 12.5. The minimum Gasteiger partial charge on any atom is -0.481 e. The summed E-state index contributed by atoms with van der Waals surface area (Å²) in [6, 6.07) is 13.9. The highest BCUT2D eigenvalue weighted by Gasteiger charge is 2.16. The van der Waals surface area contributed by atoms with Crippen LogP contribution in [0.15, 0.2) is 54.6 Å². The monoisotopic (exact) mass is 358 g/mol. The molecule has 0 spiro atoms. The minimum atomic E-state index is -0.897. The molecule has 2 N–H and O–H groups in total. The van der Waals surface area contributed by atoms with Crippen molar-refractivity contribution < 1.29 is 23.5 Å². The van der Waals surface area contributed by atoms with Gasteiger partial charge in [0.2, 0.25) is 5.91 Å². The van der Waals surface area contributed by atoms with E-state index in [1.165, 1.54) is 31.2 Å². The number of ketones is 1. The van der Waals surface area contributed by atoms with Gasteiger partial charge in [-0.2, -0.15) is 0 Å². The van der Waals surface area contributed by atoms with Crippen LogP contribution in [0.3, 0.4) is 0 Å². The maximum atomic E-state index is 12.8. The molecule has 0 fully saturated rings. The van der Waals surface area contributed by atoms with Gasteiger partial charge in [-0.3, -0.25) is 25.2 Å². The number of halogens is 1. The molecule has 26 heavy (non-hydrogen) atoms. The number of hydrazine groups is 1. The summed E-state index contributed by atoms with van der Waals surface area (Å²) in [7, 11) is 0. The van der Waals surface area contributed by atoms with Crippen LogP contribution in [-0.4, -0.2) is 23.7 Å². The van der Waals surface area contributed by atoms with E-state index in [0.29, 0.717) is 11.3 Å². The van der Waals surface area contributed by atoms with Gasteiger partial charge in [0.05, 0.1) is 0 Å². The fraction of sp³-hybridized carbons (Fsp3) is 0.211. The standard InChI is InChI=1S/C19H19FN2O4/c1-13(26-16-9-7-15(20)8-10-16)19(25)22-21-18(24)12-11-17(23)14-5-3-2-4-6-14/h2-10,13H,11-12H2,1H3,(H,21,24)(H,22,25). The van der Waals surface area contributed by atoms with E-state index in [9.17, 15) is 18.8 Å². The molecular formula is C19H19FN2O4. The number of carbonyl (C=O) groups excluding carboxylic acids is 3. The second-order valence-electron chi connectivity index (χ2n) is 5.54. The fourth-order valence-corrected chi connectivity index (χ4v) is 2.06. The van der Waals surface area contributed by atoms with E-state index in [4.69, 9.17) is 4.74 Å². The zero-order valence-electron chi connectivity index (χ0n) is 14.2. The van der Waals surface area contributed by atoms with Crippen molar-refractivity contribution in [1.82, 2.24) is 10.9 Å². The molecule has 2 rings (SSSR count). The van der Waals surface area contributed by atoms with Crippen molar-refractivity contribution in [3.05, 3.63) is 66.0 Å². The van der Waals surface area contributed by atoms with Crippen molar-refractivity contribution >= 4 is 17.6 Å². The maximum absolute atomic E-state index is 12.8. The number of benzene rings is 2. The van der Waals surface area contributed by atoms with Gasteiger partial charge in [-0.15, -0.1) is 0 Å². The van der Waals surface area contributed by atoms with Crippen LogP contribution >= 0.6 is 0 Å². The largest absolute Gasteiger partial charge is 0.481 e. The molecule has 0 aromatic heterocycles. The van der Waals surface area contributed by atoms with Gasteiger partial charge in [0.25, 0.3) is 5.91 Å². The maximum Gasteiger partial charge on any atom is 0.279 e. The Morgan fingerprint density at radius 1 is 0.962 bits per heavy atom. The van der Waals surface area contributed by atoms with Gasteiger partial charge in [0.1, 0.15) is 11.6 Å². The summed E-state index contributed by atoms with van der Waals surface area (Å²) in [5.41, 5.74) is 5.00. The second-order valence-corrected chi connectivity index (χ2v) is 5.54. The number of Topliss-reactive ketones (excluding diaryl/α,β-unsaturated/α-hetero) is 1. The molecule has 6 nitrogen and oxygen atoms in total. The average Bonchev–Trinajstić information content (AvgIpc) is 2.66. The Morgan fingerprint density at radius 2 is 1.62 bits per heavy atom. The summed E-state index contributed by atoms with van der Waals surface area (Å²) in [5.74, 6) is -1.30. The summed E-state index contributed by atoms with van der Waals surface area (Å²) < 4.78 is 18.2. The van der Waals surface area contributed by atoms with Gasteiger partial charge >= 0.3 is 0 Å². The van der Waals surface area contributed by atoms with Crippen molar-refractivity contribution in [2.45, 2.75) is 25.9 Å². The Morgan fingerprint density at radius 3 is 2.27 bits per heavy atom. The molecule has 0 saturated heterocycles. The highest BCUT2D eigenvalue weighted by atomic mass is 19.1. The lowest BCUT2D eigenvalue weighted by molar-refractivity contribution is -0.132. The first kappa shape index (κ1) is 19.1. The topological polar surface area (TPSA) is 84.5 Å². The van der Waals surface area contributed by atoms with Crippen molar-refractivity contribution in [1.29, 1.82) is 0 Å². The molecule has 0 aliphatic heterocycles. The summed E-state index contributed by atoms with van der Waals surface area (Å²) in [4.78, 5) is 35.5. The summed E-state index contributed by atoms with van der Waals surface area (Å²) in [5, 5.41) is 0. The van der Waals surface area contributed by atoms with Crippen LogP contribution in [0.1, 0.15) is 30.1 Å². The SMILES string of the molecule is CC(Oc1ccc(F)cc1)C(=O)NNC(=O)CCC(=O)c1ccccc1. The highest BCUT2D eigenvalue weighted by molar-refractivity contribution is 5.98. The van der Waals surface area contributed by atoms with E-state index in [1.807, 2.05) is 0 Å². The Labute approximate surface area is 150 Å². The van der Waals surface area contributed by atoms with Crippen LogP contribution in [0.2, 0.25) is 0 Å². The van der Waals surface area contributed by atoms with Crippen molar-refractivity contribution in [3.63, 3.8) is 0 Å². The second kappa shape index (κ2) is 9.31. The molecule has 2 aromatic carbocycles. The predicted molar refractivity (Wildman–Crippen MR) is 92.8 cm³/mol. The quantitative estimate of drug-likeness (QED) is 0.588. The van der Waals surface area contributed by atoms with Crippen LogP contribution < -0.4 is 15.6 Å². The molecule has 2 amide bonds. The number of nitrogens with one attached hydrogen (secondary N) is 2. The number of amides is 2. The lowest BCUT2D eigenvalue weighted by Crippen LogP contribution is -2.47. The average molecular weight is 358 g/mol. The molecule has 1 unspecified atom stereocenters. The van der Waals surface area contributed by atoms with Gasteiger partial charge in [0, 0.05) is 18.4 Å². The summed E-state index contributed by atoms with van der Waals surface area (Å²) >= 11 is 0. The Hall–Kier alpha value is -3.22. The zero-order valence-corrected chi connectivity index (χ0v) is 14.2. The number of carbonyl (C=O) groups is 3. The van der Waals surface area contributed by atoms with Crippen molar-refractivity contribution in [2.24, 2.45) is 0 Å². The highest BCUT2D eigenvalue weighted by Crippen LogP contribution is 2.12. The van der Waals surface area contributed by atoms with E-state index in [-0.39, 0.29) is 18.6 Å². The number of rotatable bonds is 7. The van der Waals surface area contributed by atoms with E-state index < -0.39 is 23.7 Å². The van der Waals surface area contributed by atoms with Gasteiger partial charge in [-0.1, -0.05) is 30.3 Å². The van der Waals surface area contributed by atoms with Crippen LogP contribution in [0.5, 0.6) is 5.75 Å². The lowest BCUT2D eigenvalue weighted by atomic mass is 10.1. The first-order valence-corrected chi connectivity index (χ1v) is 8.05. The first-order valence-electron chi connectivity index (χ1n) is 8.05. The van der Waals surface area contributed by atoms with Crippen molar-refractivity contribution in [3.8, 4) is 5.75 Å². The van der Waals surface area contributed by atoms with E-state index in [1.54, 1.807) is 30.3 Å². The third kappa shape index (κ3) is 6.01. The van der Waals surface area contributed by atoms with Crippen LogP contribution in [0.4, 0.5) is 4.39 Å². The smallest absolute Gasteiger partial charge is 0.279 e. The van der Waals surface area contributed by atoms with E-state index in [0.717, 1.165) is 0 Å². The molecule has 2 aromatic rings. The molecule has 0 heterocycles.